The molecule has 0 aliphatic rings. The minimum Gasteiger partial charge on any atom is -0.397 e. The average molecular weight is 288 g/mol. The molecule has 0 atom stereocenters. The van der Waals surface area contributed by atoms with Crippen molar-refractivity contribution in [2.24, 2.45) is 5.92 Å². The summed E-state index contributed by atoms with van der Waals surface area (Å²) in [6.07, 6.45) is 0. The van der Waals surface area contributed by atoms with E-state index in [0.717, 1.165) is 12.1 Å². The number of anilines is 2. The molecule has 0 saturated heterocycles. The Bertz CT molecular complexity index is 570. The van der Waals surface area contributed by atoms with E-state index in [0.29, 0.717) is 0 Å². The third-order valence-corrected chi connectivity index (χ3v) is 4.10. The molecular formula is C12H17FN2O3S. The largest absolute Gasteiger partial charge is 0.397 e. The third kappa shape index (κ3) is 5.25. The van der Waals surface area contributed by atoms with Crippen LogP contribution in [0, 0.1) is 11.7 Å². The molecular weight excluding hydrogens is 271 g/mol. The summed E-state index contributed by atoms with van der Waals surface area (Å²) in [7, 11) is -3.45. The van der Waals surface area contributed by atoms with E-state index >= 15 is 0 Å². The number of amides is 1. The fourth-order valence-corrected chi connectivity index (χ4v) is 3.21. The van der Waals surface area contributed by atoms with Crippen LogP contribution in [0.2, 0.25) is 0 Å². The molecule has 0 aromatic heterocycles. The van der Waals surface area contributed by atoms with Crippen molar-refractivity contribution in [2.75, 3.05) is 22.6 Å². The maximum absolute atomic E-state index is 12.8. The Morgan fingerprint density at radius 3 is 2.58 bits per heavy atom. The summed E-state index contributed by atoms with van der Waals surface area (Å²) in [6, 6.07) is 3.48. The number of hydrogen-bond acceptors (Lipinski definition) is 4. The first-order valence-electron chi connectivity index (χ1n) is 5.75. The zero-order valence-electron chi connectivity index (χ0n) is 10.8. The standard InChI is InChI=1S/C12H17FN2O3S/c1-8(2)6-19(17,18)7-12(16)15-11-4-3-9(13)5-10(11)14/h3-5,8H,6-7,14H2,1-2H3,(H,15,16). The highest BCUT2D eigenvalue weighted by Gasteiger charge is 2.18. The summed E-state index contributed by atoms with van der Waals surface area (Å²) >= 11 is 0. The summed E-state index contributed by atoms with van der Waals surface area (Å²) in [5.74, 6) is -1.92. The maximum atomic E-state index is 12.8. The van der Waals surface area contributed by atoms with Crippen LogP contribution >= 0.6 is 0 Å². The lowest BCUT2D eigenvalue weighted by Gasteiger charge is -2.09. The van der Waals surface area contributed by atoms with Crippen LogP contribution in [0.5, 0.6) is 0 Å². The Morgan fingerprint density at radius 1 is 1.42 bits per heavy atom. The van der Waals surface area contributed by atoms with Crippen molar-refractivity contribution in [3.63, 3.8) is 0 Å². The molecule has 0 radical (unpaired) electrons. The van der Waals surface area contributed by atoms with Crippen molar-refractivity contribution in [1.82, 2.24) is 0 Å². The molecule has 0 saturated carbocycles. The van der Waals surface area contributed by atoms with Gasteiger partial charge in [0, 0.05) is 0 Å². The van der Waals surface area contributed by atoms with Gasteiger partial charge in [0.2, 0.25) is 5.91 Å². The molecule has 0 heterocycles. The van der Waals surface area contributed by atoms with Gasteiger partial charge in [-0.25, -0.2) is 12.8 Å². The molecule has 7 heteroatoms. The van der Waals surface area contributed by atoms with Gasteiger partial charge in [0.1, 0.15) is 11.6 Å². The highest BCUT2D eigenvalue weighted by atomic mass is 32.2. The molecule has 1 amide bonds. The number of nitrogen functional groups attached to an aromatic ring is 1. The van der Waals surface area contributed by atoms with E-state index in [-0.39, 0.29) is 23.0 Å². The molecule has 1 aromatic rings. The number of carbonyl (C=O) groups is 1. The SMILES string of the molecule is CC(C)CS(=O)(=O)CC(=O)Nc1ccc(F)cc1N. The van der Waals surface area contributed by atoms with E-state index in [4.69, 9.17) is 5.73 Å². The predicted octanol–water partition coefficient (Wildman–Crippen LogP) is 1.42. The molecule has 19 heavy (non-hydrogen) atoms. The van der Waals surface area contributed by atoms with E-state index in [1.807, 2.05) is 0 Å². The van der Waals surface area contributed by atoms with Gasteiger partial charge in [0.25, 0.3) is 0 Å². The fraction of sp³-hybridized carbons (Fsp3) is 0.417. The Morgan fingerprint density at radius 2 is 2.05 bits per heavy atom. The van der Waals surface area contributed by atoms with Gasteiger partial charge in [-0.15, -0.1) is 0 Å². The highest BCUT2D eigenvalue weighted by molar-refractivity contribution is 7.92. The molecule has 0 fully saturated rings. The van der Waals surface area contributed by atoms with Crippen LogP contribution in [0.15, 0.2) is 18.2 Å². The summed E-state index contributed by atoms with van der Waals surface area (Å²) in [6.45, 7) is 3.51. The number of benzene rings is 1. The second-order valence-electron chi connectivity index (χ2n) is 4.73. The molecule has 0 aliphatic heterocycles. The number of nitrogens with one attached hydrogen (secondary N) is 1. The van der Waals surface area contributed by atoms with Crippen molar-refractivity contribution in [2.45, 2.75) is 13.8 Å². The molecule has 0 unspecified atom stereocenters. The second-order valence-corrected chi connectivity index (χ2v) is 6.84. The molecule has 1 aromatic carbocycles. The van der Waals surface area contributed by atoms with Gasteiger partial charge >= 0.3 is 0 Å². The Labute approximate surface area is 111 Å². The number of hydrogen-bond donors (Lipinski definition) is 2. The molecule has 0 spiro atoms. The van der Waals surface area contributed by atoms with Crippen LogP contribution < -0.4 is 11.1 Å². The van der Waals surface area contributed by atoms with Crippen LogP contribution in [0.1, 0.15) is 13.8 Å². The lowest BCUT2D eigenvalue weighted by molar-refractivity contribution is -0.113. The highest BCUT2D eigenvalue weighted by Crippen LogP contribution is 2.19. The van der Waals surface area contributed by atoms with Crippen LogP contribution in [0.3, 0.4) is 0 Å². The van der Waals surface area contributed by atoms with Crippen LogP contribution in [-0.2, 0) is 14.6 Å². The third-order valence-electron chi connectivity index (χ3n) is 2.23. The summed E-state index contributed by atoms with van der Waals surface area (Å²) in [5.41, 5.74) is 5.76. The average Bonchev–Trinajstić information content (AvgIpc) is 2.19. The summed E-state index contributed by atoms with van der Waals surface area (Å²) < 4.78 is 36.1. The van der Waals surface area contributed by atoms with Crippen LogP contribution in [0.25, 0.3) is 0 Å². The maximum Gasteiger partial charge on any atom is 0.239 e. The molecule has 1 rings (SSSR count). The molecule has 106 valence electrons. The topological polar surface area (TPSA) is 89.3 Å². The number of nitrogens with two attached hydrogens (primary N) is 1. The van der Waals surface area contributed by atoms with Crippen molar-refractivity contribution < 1.29 is 17.6 Å². The smallest absolute Gasteiger partial charge is 0.239 e. The van der Waals surface area contributed by atoms with Crippen LogP contribution in [-0.4, -0.2) is 25.8 Å². The van der Waals surface area contributed by atoms with Gasteiger partial charge in [0.15, 0.2) is 9.84 Å². The second kappa shape index (κ2) is 6.01. The Balaban J connectivity index is 2.70. The Kier molecular flexibility index (Phi) is 4.88. The number of sulfone groups is 1. The number of carbonyl (C=O) groups excluding carboxylic acids is 1. The van der Waals surface area contributed by atoms with E-state index in [1.165, 1.54) is 6.07 Å². The quantitative estimate of drug-likeness (QED) is 0.802. The van der Waals surface area contributed by atoms with Gasteiger partial charge in [-0.2, -0.15) is 0 Å². The van der Waals surface area contributed by atoms with E-state index < -0.39 is 27.3 Å². The fourth-order valence-electron chi connectivity index (χ4n) is 1.60. The first-order chi connectivity index (χ1) is 8.69. The van der Waals surface area contributed by atoms with E-state index in [9.17, 15) is 17.6 Å². The van der Waals surface area contributed by atoms with Gasteiger partial charge in [-0.05, 0) is 24.1 Å². The van der Waals surface area contributed by atoms with Gasteiger partial charge in [-0.1, -0.05) is 13.8 Å². The molecule has 0 bridgehead atoms. The number of halogens is 1. The normalized spacial score (nSPS) is 11.6. The van der Waals surface area contributed by atoms with Crippen LogP contribution in [0.4, 0.5) is 15.8 Å². The number of rotatable bonds is 5. The zero-order valence-corrected chi connectivity index (χ0v) is 11.6. The predicted molar refractivity (Wildman–Crippen MR) is 72.9 cm³/mol. The minimum absolute atomic E-state index is 0.0475. The summed E-state index contributed by atoms with van der Waals surface area (Å²) in [5, 5.41) is 2.36. The zero-order chi connectivity index (χ0) is 14.6. The Hall–Kier alpha value is -1.63. The lowest BCUT2D eigenvalue weighted by Crippen LogP contribution is -2.26. The van der Waals surface area contributed by atoms with Gasteiger partial charge in [0.05, 0.1) is 17.1 Å². The lowest BCUT2D eigenvalue weighted by atomic mass is 10.2. The van der Waals surface area contributed by atoms with Crippen molar-refractivity contribution in [3.8, 4) is 0 Å². The van der Waals surface area contributed by atoms with Crippen molar-refractivity contribution >= 4 is 27.1 Å². The molecule has 5 nitrogen and oxygen atoms in total. The van der Waals surface area contributed by atoms with E-state index in [1.54, 1.807) is 13.8 Å². The first-order valence-corrected chi connectivity index (χ1v) is 7.57. The van der Waals surface area contributed by atoms with Crippen molar-refractivity contribution in [1.29, 1.82) is 0 Å². The van der Waals surface area contributed by atoms with Crippen molar-refractivity contribution in [3.05, 3.63) is 24.0 Å². The summed E-state index contributed by atoms with van der Waals surface area (Å²) in [4.78, 5) is 11.6. The van der Waals surface area contributed by atoms with Gasteiger partial charge < -0.3 is 11.1 Å². The first kappa shape index (κ1) is 15.4. The van der Waals surface area contributed by atoms with E-state index in [2.05, 4.69) is 5.32 Å². The van der Waals surface area contributed by atoms with Gasteiger partial charge in [-0.3, -0.25) is 4.79 Å². The monoisotopic (exact) mass is 288 g/mol. The molecule has 3 N–H and O–H groups in total. The minimum atomic E-state index is -3.45. The molecule has 0 aliphatic carbocycles.